The predicted octanol–water partition coefficient (Wildman–Crippen LogP) is 2.53. The number of hydrogen-bond acceptors (Lipinski definition) is 3. The standard InChI is InChI=1S/C13H26N2O/c1-5-15(11-13(4)10-14)7-9-16-8-6-12(2)3/h12-13H,5-9,11H2,1-4H3. The number of ether oxygens (including phenoxy) is 1. The molecule has 0 aromatic carbocycles. The molecular weight excluding hydrogens is 200 g/mol. The van der Waals surface area contributed by atoms with Gasteiger partial charge in [-0.2, -0.15) is 5.26 Å². The quantitative estimate of drug-likeness (QED) is 0.567. The highest BCUT2D eigenvalue weighted by Gasteiger charge is 2.07. The van der Waals surface area contributed by atoms with E-state index in [0.29, 0.717) is 5.92 Å². The summed E-state index contributed by atoms with van der Waals surface area (Å²) >= 11 is 0. The van der Waals surface area contributed by atoms with E-state index in [1.54, 1.807) is 0 Å². The van der Waals surface area contributed by atoms with Crippen LogP contribution in [0.3, 0.4) is 0 Å². The Hall–Kier alpha value is -0.590. The van der Waals surface area contributed by atoms with Gasteiger partial charge in [-0.15, -0.1) is 0 Å². The Balaban J connectivity index is 3.52. The summed E-state index contributed by atoms with van der Waals surface area (Å²) in [5, 5.41) is 8.74. The highest BCUT2D eigenvalue weighted by molar-refractivity contribution is 4.81. The first-order valence-corrected chi connectivity index (χ1v) is 6.29. The zero-order chi connectivity index (χ0) is 12.4. The average Bonchev–Trinajstić information content (AvgIpc) is 2.26. The molecule has 0 spiro atoms. The molecule has 1 atom stereocenters. The van der Waals surface area contributed by atoms with E-state index in [1.807, 2.05) is 6.92 Å². The minimum Gasteiger partial charge on any atom is -0.380 e. The van der Waals surface area contributed by atoms with E-state index < -0.39 is 0 Å². The Kier molecular flexibility index (Phi) is 9.27. The van der Waals surface area contributed by atoms with Crippen LogP contribution in [-0.4, -0.2) is 37.7 Å². The maximum absolute atomic E-state index is 8.74. The predicted molar refractivity (Wildman–Crippen MR) is 67.2 cm³/mol. The van der Waals surface area contributed by atoms with Crippen molar-refractivity contribution in [1.29, 1.82) is 5.26 Å². The van der Waals surface area contributed by atoms with Gasteiger partial charge in [-0.05, 0) is 25.8 Å². The lowest BCUT2D eigenvalue weighted by Crippen LogP contribution is -2.31. The number of hydrogen-bond donors (Lipinski definition) is 0. The SMILES string of the molecule is CCN(CCOCCC(C)C)CC(C)C#N. The number of nitrogens with zero attached hydrogens (tertiary/aromatic N) is 2. The van der Waals surface area contributed by atoms with Crippen LogP contribution in [-0.2, 0) is 4.74 Å². The molecule has 0 aliphatic heterocycles. The Labute approximate surface area is 100 Å². The van der Waals surface area contributed by atoms with Crippen LogP contribution in [0, 0.1) is 23.2 Å². The van der Waals surface area contributed by atoms with Crippen LogP contribution in [0.15, 0.2) is 0 Å². The van der Waals surface area contributed by atoms with E-state index in [1.165, 1.54) is 0 Å². The van der Waals surface area contributed by atoms with Crippen molar-refractivity contribution in [2.75, 3.05) is 32.8 Å². The Morgan fingerprint density at radius 1 is 1.25 bits per heavy atom. The van der Waals surface area contributed by atoms with E-state index in [-0.39, 0.29) is 5.92 Å². The zero-order valence-corrected chi connectivity index (χ0v) is 11.2. The largest absolute Gasteiger partial charge is 0.380 e. The summed E-state index contributed by atoms with van der Waals surface area (Å²) < 4.78 is 5.57. The van der Waals surface area contributed by atoms with Crippen molar-refractivity contribution in [1.82, 2.24) is 4.90 Å². The van der Waals surface area contributed by atoms with Crippen LogP contribution in [0.4, 0.5) is 0 Å². The molecule has 0 saturated carbocycles. The second-order valence-corrected chi connectivity index (χ2v) is 4.72. The van der Waals surface area contributed by atoms with Crippen LogP contribution in [0.5, 0.6) is 0 Å². The molecule has 0 aromatic rings. The van der Waals surface area contributed by atoms with Crippen LogP contribution in [0.1, 0.15) is 34.1 Å². The first-order chi connectivity index (χ1) is 7.60. The molecule has 0 radical (unpaired) electrons. The van der Waals surface area contributed by atoms with Crippen LogP contribution < -0.4 is 0 Å². The van der Waals surface area contributed by atoms with Gasteiger partial charge in [0.25, 0.3) is 0 Å². The maximum Gasteiger partial charge on any atom is 0.0666 e. The van der Waals surface area contributed by atoms with Crippen molar-refractivity contribution < 1.29 is 4.74 Å². The molecule has 0 fully saturated rings. The van der Waals surface area contributed by atoms with E-state index in [4.69, 9.17) is 10.00 Å². The Morgan fingerprint density at radius 3 is 2.44 bits per heavy atom. The van der Waals surface area contributed by atoms with Gasteiger partial charge in [0, 0.05) is 19.7 Å². The maximum atomic E-state index is 8.74. The first-order valence-electron chi connectivity index (χ1n) is 6.29. The molecule has 0 amide bonds. The summed E-state index contributed by atoms with van der Waals surface area (Å²) in [4.78, 5) is 2.27. The second-order valence-electron chi connectivity index (χ2n) is 4.72. The van der Waals surface area contributed by atoms with Crippen molar-refractivity contribution >= 4 is 0 Å². The molecule has 0 rings (SSSR count). The third-order valence-corrected chi connectivity index (χ3v) is 2.59. The van der Waals surface area contributed by atoms with E-state index >= 15 is 0 Å². The van der Waals surface area contributed by atoms with Crippen molar-refractivity contribution in [3.63, 3.8) is 0 Å². The molecule has 1 unspecified atom stereocenters. The molecular formula is C13H26N2O. The average molecular weight is 226 g/mol. The fourth-order valence-corrected chi connectivity index (χ4v) is 1.42. The number of likely N-dealkylation sites (N-methyl/N-ethyl adjacent to an activating group) is 1. The summed E-state index contributed by atoms with van der Waals surface area (Å²) in [6.45, 7) is 12.9. The van der Waals surface area contributed by atoms with Crippen LogP contribution >= 0.6 is 0 Å². The Morgan fingerprint density at radius 2 is 1.94 bits per heavy atom. The highest BCUT2D eigenvalue weighted by Crippen LogP contribution is 2.00. The lowest BCUT2D eigenvalue weighted by Gasteiger charge is -2.21. The number of rotatable bonds is 9. The second kappa shape index (κ2) is 9.62. The van der Waals surface area contributed by atoms with Gasteiger partial charge in [0.05, 0.1) is 18.6 Å². The van der Waals surface area contributed by atoms with Crippen LogP contribution in [0.2, 0.25) is 0 Å². The van der Waals surface area contributed by atoms with Gasteiger partial charge in [-0.3, -0.25) is 0 Å². The minimum atomic E-state index is 0.107. The van der Waals surface area contributed by atoms with E-state index in [9.17, 15) is 0 Å². The lowest BCUT2D eigenvalue weighted by atomic mass is 10.1. The molecule has 0 heterocycles. The van der Waals surface area contributed by atoms with Gasteiger partial charge in [0.2, 0.25) is 0 Å². The minimum absolute atomic E-state index is 0.107. The zero-order valence-electron chi connectivity index (χ0n) is 11.2. The van der Waals surface area contributed by atoms with Gasteiger partial charge in [0.1, 0.15) is 0 Å². The summed E-state index contributed by atoms with van der Waals surface area (Å²) in [5.41, 5.74) is 0. The van der Waals surface area contributed by atoms with Crippen molar-refractivity contribution in [2.45, 2.75) is 34.1 Å². The molecule has 3 nitrogen and oxygen atoms in total. The molecule has 0 bridgehead atoms. The topological polar surface area (TPSA) is 36.3 Å². The van der Waals surface area contributed by atoms with Gasteiger partial charge >= 0.3 is 0 Å². The van der Waals surface area contributed by atoms with Gasteiger partial charge in [-0.25, -0.2) is 0 Å². The highest BCUT2D eigenvalue weighted by atomic mass is 16.5. The van der Waals surface area contributed by atoms with Crippen molar-refractivity contribution in [2.24, 2.45) is 11.8 Å². The molecule has 0 aromatic heterocycles. The van der Waals surface area contributed by atoms with Gasteiger partial charge in [0.15, 0.2) is 0 Å². The molecule has 3 heteroatoms. The normalized spacial score (nSPS) is 13.1. The summed E-state index contributed by atoms with van der Waals surface area (Å²) in [7, 11) is 0. The molecule has 0 aliphatic carbocycles. The van der Waals surface area contributed by atoms with Gasteiger partial charge in [-0.1, -0.05) is 20.8 Å². The number of nitriles is 1. The van der Waals surface area contributed by atoms with Crippen LogP contribution in [0.25, 0.3) is 0 Å². The molecule has 16 heavy (non-hydrogen) atoms. The van der Waals surface area contributed by atoms with E-state index in [0.717, 1.165) is 39.3 Å². The summed E-state index contributed by atoms with van der Waals surface area (Å²) in [5.74, 6) is 0.816. The molecule has 0 N–H and O–H groups in total. The molecule has 0 saturated heterocycles. The Bertz CT molecular complexity index is 199. The monoisotopic (exact) mass is 226 g/mol. The van der Waals surface area contributed by atoms with Crippen molar-refractivity contribution in [3.8, 4) is 6.07 Å². The third kappa shape index (κ3) is 8.70. The third-order valence-electron chi connectivity index (χ3n) is 2.59. The van der Waals surface area contributed by atoms with Gasteiger partial charge < -0.3 is 9.64 Å². The molecule has 94 valence electrons. The smallest absolute Gasteiger partial charge is 0.0666 e. The molecule has 0 aliphatic rings. The first kappa shape index (κ1) is 15.4. The summed E-state index contributed by atoms with van der Waals surface area (Å²) in [6.07, 6.45) is 1.13. The fraction of sp³-hybridized carbons (Fsp3) is 0.923. The lowest BCUT2D eigenvalue weighted by molar-refractivity contribution is 0.0953. The van der Waals surface area contributed by atoms with Crippen molar-refractivity contribution in [3.05, 3.63) is 0 Å². The van der Waals surface area contributed by atoms with E-state index in [2.05, 4.69) is 31.7 Å². The summed E-state index contributed by atoms with van der Waals surface area (Å²) in [6, 6.07) is 2.26. The fourth-order valence-electron chi connectivity index (χ4n) is 1.42.